The molecule has 4 aromatic heterocycles. The molecule has 0 unspecified atom stereocenters. The minimum absolute atomic E-state index is 0.712. The Kier molecular flexibility index (Phi) is 7.06. The van der Waals surface area contributed by atoms with Crippen molar-refractivity contribution in [2.24, 2.45) is 0 Å². The van der Waals surface area contributed by atoms with Crippen molar-refractivity contribution < 1.29 is 0 Å². The van der Waals surface area contributed by atoms with E-state index >= 15 is 0 Å². The van der Waals surface area contributed by atoms with Gasteiger partial charge in [0.25, 0.3) is 0 Å². The smallest absolute Gasteiger partial charge is 0.162 e. The summed E-state index contributed by atoms with van der Waals surface area (Å²) >= 11 is 1.75. The average Bonchev–Trinajstić information content (AvgIpc) is 3.97. The van der Waals surface area contributed by atoms with Crippen molar-refractivity contribution in [2.75, 3.05) is 0 Å². The fourth-order valence-corrected chi connectivity index (χ4v) is 9.91. The maximum atomic E-state index is 5.45. The summed E-state index contributed by atoms with van der Waals surface area (Å²) in [6, 6.07) is 69.6. The maximum Gasteiger partial charge on any atom is 0.162 e. The Morgan fingerprint density at radius 2 is 1.05 bits per heavy atom. The van der Waals surface area contributed by atoms with E-state index < -0.39 is 0 Å². The molecule has 0 fully saturated rings. The summed E-state index contributed by atoms with van der Waals surface area (Å²) in [5.74, 6) is 1.60. The van der Waals surface area contributed by atoms with Crippen molar-refractivity contribution in [2.45, 2.75) is 0 Å². The quantitative estimate of drug-likeness (QED) is 0.176. The van der Waals surface area contributed by atoms with Crippen molar-refractivity contribution in [1.29, 1.82) is 0 Å². The van der Waals surface area contributed by atoms with E-state index in [0.29, 0.717) is 5.82 Å². The van der Waals surface area contributed by atoms with Gasteiger partial charge in [0, 0.05) is 37.7 Å². The monoisotopic (exact) mass is 744 g/mol. The normalized spacial score (nSPS) is 11.9. The molecule has 0 bridgehead atoms. The molecular formula is C52H32N4S. The van der Waals surface area contributed by atoms with Crippen LogP contribution in [0.1, 0.15) is 0 Å². The van der Waals surface area contributed by atoms with Crippen LogP contribution < -0.4 is 0 Å². The first-order valence-corrected chi connectivity index (χ1v) is 20.1. The summed E-state index contributed by atoms with van der Waals surface area (Å²) in [6.45, 7) is 0. The summed E-state index contributed by atoms with van der Waals surface area (Å²) in [5.41, 5.74) is 11.3. The van der Waals surface area contributed by atoms with Gasteiger partial charge in [0.05, 0.1) is 32.3 Å². The lowest BCUT2D eigenvalue weighted by Gasteiger charge is -2.11. The molecule has 5 heteroatoms. The Labute approximate surface area is 332 Å². The van der Waals surface area contributed by atoms with Gasteiger partial charge in [0.1, 0.15) is 0 Å². The summed E-state index contributed by atoms with van der Waals surface area (Å²) in [5, 5.41) is 7.33. The van der Waals surface area contributed by atoms with Gasteiger partial charge in [-0.25, -0.2) is 9.97 Å². The van der Waals surface area contributed by atoms with E-state index in [-0.39, 0.29) is 0 Å². The summed E-state index contributed by atoms with van der Waals surface area (Å²) in [6.07, 6.45) is 0. The van der Waals surface area contributed by atoms with Crippen LogP contribution in [0, 0.1) is 0 Å². The Bertz CT molecular complexity index is 3510. The zero-order valence-electron chi connectivity index (χ0n) is 30.7. The third-order valence-electron chi connectivity index (χ3n) is 11.3. The number of benzene rings is 8. The molecule has 0 saturated heterocycles. The van der Waals surface area contributed by atoms with Gasteiger partial charge in [-0.2, -0.15) is 0 Å². The Morgan fingerprint density at radius 1 is 0.404 bits per heavy atom. The second kappa shape index (κ2) is 12.6. The van der Waals surface area contributed by atoms with E-state index in [0.717, 1.165) is 38.3 Å². The molecule has 266 valence electrons. The average molecular weight is 745 g/mol. The van der Waals surface area contributed by atoms with Crippen molar-refractivity contribution in [3.63, 3.8) is 0 Å². The van der Waals surface area contributed by atoms with Crippen LogP contribution in [0.3, 0.4) is 0 Å². The van der Waals surface area contributed by atoms with Gasteiger partial charge in [-0.1, -0.05) is 146 Å². The number of hydrogen-bond acceptors (Lipinski definition) is 3. The van der Waals surface area contributed by atoms with Crippen LogP contribution in [0.5, 0.6) is 0 Å². The molecule has 8 aromatic carbocycles. The van der Waals surface area contributed by atoms with E-state index in [1.54, 1.807) is 11.3 Å². The molecule has 0 amide bonds. The molecule has 12 rings (SSSR count). The van der Waals surface area contributed by atoms with Crippen LogP contribution in [0.25, 0.3) is 109 Å². The molecule has 0 aliphatic heterocycles. The third kappa shape index (κ3) is 4.93. The largest absolute Gasteiger partial charge is 0.309 e. The molecule has 4 heterocycles. The topological polar surface area (TPSA) is 35.6 Å². The molecular weight excluding hydrogens is 713 g/mol. The Balaban J connectivity index is 1.17. The third-order valence-corrected chi connectivity index (χ3v) is 12.5. The molecule has 4 nitrogen and oxygen atoms in total. The molecule has 0 aliphatic carbocycles. The minimum atomic E-state index is 0.712. The van der Waals surface area contributed by atoms with Crippen LogP contribution >= 0.6 is 11.3 Å². The Hall–Kier alpha value is -7.34. The van der Waals surface area contributed by atoms with E-state index in [1.807, 2.05) is 6.07 Å². The van der Waals surface area contributed by atoms with Crippen LogP contribution in [0.4, 0.5) is 0 Å². The van der Waals surface area contributed by atoms with Crippen molar-refractivity contribution >= 4 is 75.9 Å². The lowest BCUT2D eigenvalue weighted by molar-refractivity contribution is 1.08. The van der Waals surface area contributed by atoms with Crippen molar-refractivity contribution in [3.05, 3.63) is 194 Å². The summed E-state index contributed by atoms with van der Waals surface area (Å²) in [7, 11) is 0. The first kappa shape index (κ1) is 32.0. The molecule has 0 radical (unpaired) electrons. The van der Waals surface area contributed by atoms with Gasteiger partial charge < -0.3 is 4.57 Å². The zero-order chi connectivity index (χ0) is 37.5. The van der Waals surface area contributed by atoms with Gasteiger partial charge in [0.2, 0.25) is 0 Å². The SMILES string of the molecule is c1ccc(-c2nc(-n3c4ccc(-c5cccc6c5c5ccccc5n6-c5ccccc5)cc4c4c5ccccc5ccc43)c3sc(-c4ccccc4)cc3n2)cc1. The number of aromatic nitrogens is 4. The van der Waals surface area contributed by atoms with Crippen LogP contribution in [0.15, 0.2) is 194 Å². The number of rotatable bonds is 5. The zero-order valence-corrected chi connectivity index (χ0v) is 31.5. The lowest BCUT2D eigenvalue weighted by Crippen LogP contribution is -2.01. The molecule has 0 N–H and O–H groups in total. The number of nitrogens with zero attached hydrogens (tertiary/aromatic N) is 4. The standard InChI is InChI=1S/C52H32N4S/c1-4-16-34(17-5-1)47-32-42-50(57-47)52(54-51(53-42)35-18-6-2-7-19-35)56-44-29-28-36(31-41(44)49-38-22-11-10-15-33(38)27-30-46(49)56)39-24-14-26-45-48(39)40-23-12-13-25-43(40)55(45)37-20-8-3-9-21-37/h1-32H. The lowest BCUT2D eigenvalue weighted by atomic mass is 9.97. The summed E-state index contributed by atoms with van der Waals surface area (Å²) < 4.78 is 5.83. The van der Waals surface area contributed by atoms with Gasteiger partial charge in [-0.15, -0.1) is 11.3 Å². The highest BCUT2D eigenvalue weighted by Crippen LogP contribution is 2.44. The highest BCUT2D eigenvalue weighted by atomic mass is 32.1. The van der Waals surface area contributed by atoms with Crippen LogP contribution in [0.2, 0.25) is 0 Å². The Morgan fingerprint density at radius 3 is 1.88 bits per heavy atom. The molecule has 57 heavy (non-hydrogen) atoms. The maximum absolute atomic E-state index is 5.45. The predicted octanol–water partition coefficient (Wildman–Crippen LogP) is 14.0. The summed E-state index contributed by atoms with van der Waals surface area (Å²) in [4.78, 5) is 11.8. The van der Waals surface area contributed by atoms with Gasteiger partial charge in [0.15, 0.2) is 11.6 Å². The minimum Gasteiger partial charge on any atom is -0.309 e. The van der Waals surface area contributed by atoms with Crippen LogP contribution in [-0.4, -0.2) is 19.1 Å². The second-order valence-corrected chi connectivity index (χ2v) is 15.6. The van der Waals surface area contributed by atoms with Crippen molar-refractivity contribution in [3.8, 4) is 44.5 Å². The number of hydrogen-bond donors (Lipinski definition) is 0. The number of para-hydroxylation sites is 2. The molecule has 0 spiro atoms. The van der Waals surface area contributed by atoms with E-state index in [1.165, 1.54) is 64.9 Å². The molecule has 0 saturated carbocycles. The molecule has 0 aliphatic rings. The first-order valence-electron chi connectivity index (χ1n) is 19.3. The first-order chi connectivity index (χ1) is 28.3. The van der Waals surface area contributed by atoms with E-state index in [4.69, 9.17) is 9.97 Å². The van der Waals surface area contributed by atoms with Crippen molar-refractivity contribution in [1.82, 2.24) is 19.1 Å². The second-order valence-electron chi connectivity index (χ2n) is 14.6. The number of fused-ring (bicyclic) bond motifs is 9. The van der Waals surface area contributed by atoms with Crippen LogP contribution in [-0.2, 0) is 0 Å². The number of thiophene rings is 1. The highest BCUT2D eigenvalue weighted by Gasteiger charge is 2.23. The molecule has 12 aromatic rings. The fraction of sp³-hybridized carbons (Fsp3) is 0. The van der Waals surface area contributed by atoms with Gasteiger partial charge >= 0.3 is 0 Å². The molecule has 0 atom stereocenters. The van der Waals surface area contributed by atoms with Gasteiger partial charge in [-0.3, -0.25) is 4.57 Å². The van der Waals surface area contributed by atoms with E-state index in [2.05, 4.69) is 197 Å². The fourth-order valence-electron chi connectivity index (χ4n) is 8.83. The van der Waals surface area contributed by atoms with E-state index in [9.17, 15) is 0 Å². The predicted molar refractivity (Wildman–Crippen MR) is 240 cm³/mol. The highest BCUT2D eigenvalue weighted by molar-refractivity contribution is 7.22. The van der Waals surface area contributed by atoms with Gasteiger partial charge in [-0.05, 0) is 76.0 Å².